The second-order valence-electron chi connectivity index (χ2n) is 4.32. The molecule has 0 aliphatic carbocycles. The van der Waals surface area contributed by atoms with Gasteiger partial charge in [-0.25, -0.2) is 0 Å². The molecule has 0 amide bonds. The van der Waals surface area contributed by atoms with Crippen molar-refractivity contribution in [1.29, 1.82) is 0 Å². The molecule has 0 aromatic heterocycles. The molecule has 0 heterocycles. The lowest BCUT2D eigenvalue weighted by molar-refractivity contribution is 0.303. The van der Waals surface area contributed by atoms with Crippen molar-refractivity contribution in [3.05, 3.63) is 61.5 Å². The first-order valence-corrected chi connectivity index (χ1v) is 8.12. The molecule has 0 spiro atoms. The van der Waals surface area contributed by atoms with Crippen LogP contribution in [0.15, 0.2) is 45.3 Å². The van der Waals surface area contributed by atoms with Crippen LogP contribution < -0.4 is 10.5 Å². The van der Waals surface area contributed by atoms with Crippen molar-refractivity contribution in [3.8, 4) is 5.75 Å². The van der Waals surface area contributed by atoms with Crippen LogP contribution in [0.5, 0.6) is 5.75 Å². The summed E-state index contributed by atoms with van der Waals surface area (Å²) in [4.78, 5) is 0. The maximum Gasteiger partial charge on any atom is 0.123 e. The van der Waals surface area contributed by atoms with Gasteiger partial charge in [0.05, 0.1) is 0 Å². The van der Waals surface area contributed by atoms with Crippen molar-refractivity contribution in [2.45, 2.75) is 13.0 Å². The van der Waals surface area contributed by atoms with Gasteiger partial charge in [0.2, 0.25) is 0 Å². The monoisotopic (exact) mass is 417 g/mol. The Kier molecular flexibility index (Phi) is 5.90. The molecular formula is C15H14Br2ClNO. The SMILES string of the molecule is NCCc1cc(Br)ccc1OCc1ccc(Br)cc1Cl. The molecule has 0 fully saturated rings. The maximum atomic E-state index is 6.18. The zero-order valence-corrected chi connectivity index (χ0v) is 14.6. The highest BCUT2D eigenvalue weighted by Crippen LogP contribution is 2.26. The van der Waals surface area contributed by atoms with Gasteiger partial charge in [0.15, 0.2) is 0 Å². The number of rotatable bonds is 5. The molecule has 2 N–H and O–H groups in total. The van der Waals surface area contributed by atoms with Gasteiger partial charge >= 0.3 is 0 Å². The van der Waals surface area contributed by atoms with Crippen LogP contribution >= 0.6 is 43.5 Å². The quantitative estimate of drug-likeness (QED) is 0.745. The summed E-state index contributed by atoms with van der Waals surface area (Å²) in [6.07, 6.45) is 0.781. The Bertz CT molecular complexity index is 604. The minimum absolute atomic E-state index is 0.436. The summed E-state index contributed by atoms with van der Waals surface area (Å²) in [7, 11) is 0. The number of ether oxygens (including phenoxy) is 1. The van der Waals surface area contributed by atoms with Gasteiger partial charge in [-0.05, 0) is 48.9 Å². The van der Waals surface area contributed by atoms with Crippen molar-refractivity contribution >= 4 is 43.5 Å². The highest BCUT2D eigenvalue weighted by Gasteiger charge is 2.06. The third-order valence-electron chi connectivity index (χ3n) is 2.83. The molecule has 0 unspecified atom stereocenters. The smallest absolute Gasteiger partial charge is 0.123 e. The van der Waals surface area contributed by atoms with Crippen LogP contribution in [0.3, 0.4) is 0 Å². The fraction of sp³-hybridized carbons (Fsp3) is 0.200. The summed E-state index contributed by atoms with van der Waals surface area (Å²) in [5.74, 6) is 0.845. The van der Waals surface area contributed by atoms with Crippen LogP contribution in [-0.2, 0) is 13.0 Å². The topological polar surface area (TPSA) is 35.2 Å². The van der Waals surface area contributed by atoms with E-state index < -0.39 is 0 Å². The maximum absolute atomic E-state index is 6.18. The average molecular weight is 420 g/mol. The predicted octanol–water partition coefficient (Wildman–Crippen LogP) is 4.95. The molecule has 5 heteroatoms. The van der Waals surface area contributed by atoms with Crippen LogP contribution in [0.4, 0.5) is 0 Å². The lowest BCUT2D eigenvalue weighted by Crippen LogP contribution is -2.05. The molecule has 0 saturated carbocycles. The van der Waals surface area contributed by atoms with Gasteiger partial charge in [0.1, 0.15) is 12.4 Å². The third kappa shape index (κ3) is 4.22. The molecule has 0 bridgehead atoms. The molecule has 2 rings (SSSR count). The standard InChI is InChI=1S/C15H14Br2ClNO/c16-12-3-4-15(10(7-12)5-6-19)20-9-11-1-2-13(17)8-14(11)18/h1-4,7-8H,5-6,9,19H2. The summed E-state index contributed by atoms with van der Waals surface area (Å²) in [6.45, 7) is 1.02. The molecule has 2 aromatic rings. The van der Waals surface area contributed by atoms with Gasteiger partial charge in [-0.1, -0.05) is 49.5 Å². The minimum atomic E-state index is 0.436. The summed E-state index contributed by atoms with van der Waals surface area (Å²) in [5.41, 5.74) is 7.68. The van der Waals surface area contributed by atoms with Gasteiger partial charge in [-0.15, -0.1) is 0 Å². The molecular weight excluding hydrogens is 405 g/mol. The predicted molar refractivity (Wildman–Crippen MR) is 90.4 cm³/mol. The average Bonchev–Trinajstić information content (AvgIpc) is 2.40. The largest absolute Gasteiger partial charge is 0.489 e. The van der Waals surface area contributed by atoms with Crippen LogP contribution in [-0.4, -0.2) is 6.54 Å². The third-order valence-corrected chi connectivity index (χ3v) is 4.17. The van der Waals surface area contributed by atoms with E-state index in [2.05, 4.69) is 31.9 Å². The normalized spacial score (nSPS) is 10.6. The van der Waals surface area contributed by atoms with E-state index in [4.69, 9.17) is 22.1 Å². The first kappa shape index (κ1) is 15.8. The number of benzene rings is 2. The number of hydrogen-bond acceptors (Lipinski definition) is 2. The van der Waals surface area contributed by atoms with Gasteiger partial charge in [-0.2, -0.15) is 0 Å². The molecule has 106 valence electrons. The van der Waals surface area contributed by atoms with E-state index >= 15 is 0 Å². The Morgan fingerprint density at radius 1 is 1.00 bits per heavy atom. The van der Waals surface area contributed by atoms with Gasteiger partial charge in [0.25, 0.3) is 0 Å². The Hall–Kier alpha value is -0.550. The Morgan fingerprint density at radius 2 is 1.70 bits per heavy atom. The molecule has 20 heavy (non-hydrogen) atoms. The minimum Gasteiger partial charge on any atom is -0.489 e. The molecule has 0 radical (unpaired) electrons. The number of nitrogens with two attached hydrogens (primary N) is 1. The van der Waals surface area contributed by atoms with E-state index in [1.807, 2.05) is 36.4 Å². The van der Waals surface area contributed by atoms with E-state index in [0.29, 0.717) is 18.2 Å². The van der Waals surface area contributed by atoms with Crippen molar-refractivity contribution in [1.82, 2.24) is 0 Å². The molecule has 0 atom stereocenters. The lowest BCUT2D eigenvalue weighted by atomic mass is 10.1. The van der Waals surface area contributed by atoms with Gasteiger partial charge in [0, 0.05) is 19.5 Å². The Balaban J connectivity index is 2.14. The van der Waals surface area contributed by atoms with Crippen molar-refractivity contribution in [3.63, 3.8) is 0 Å². The molecule has 2 nitrogen and oxygen atoms in total. The fourth-order valence-corrected chi connectivity index (χ4v) is 2.97. The van der Waals surface area contributed by atoms with Crippen molar-refractivity contribution < 1.29 is 4.74 Å². The van der Waals surface area contributed by atoms with Crippen LogP contribution in [0.2, 0.25) is 5.02 Å². The van der Waals surface area contributed by atoms with Crippen LogP contribution in [0.1, 0.15) is 11.1 Å². The highest BCUT2D eigenvalue weighted by molar-refractivity contribution is 9.10. The van der Waals surface area contributed by atoms with Crippen LogP contribution in [0, 0.1) is 0 Å². The number of hydrogen-bond donors (Lipinski definition) is 1. The van der Waals surface area contributed by atoms with E-state index in [0.717, 1.165) is 32.2 Å². The first-order chi connectivity index (χ1) is 9.60. The van der Waals surface area contributed by atoms with Crippen LogP contribution in [0.25, 0.3) is 0 Å². The van der Waals surface area contributed by atoms with E-state index in [1.165, 1.54) is 0 Å². The molecule has 0 aliphatic heterocycles. The summed E-state index contributed by atoms with van der Waals surface area (Å²) >= 11 is 13.0. The lowest BCUT2D eigenvalue weighted by Gasteiger charge is -2.12. The zero-order valence-electron chi connectivity index (χ0n) is 10.7. The molecule has 0 aliphatic rings. The Labute approximate surface area is 140 Å². The molecule has 0 saturated heterocycles. The van der Waals surface area contributed by atoms with E-state index in [1.54, 1.807) is 0 Å². The highest BCUT2D eigenvalue weighted by atomic mass is 79.9. The second kappa shape index (κ2) is 7.46. The van der Waals surface area contributed by atoms with Gasteiger partial charge in [-0.3, -0.25) is 0 Å². The first-order valence-electron chi connectivity index (χ1n) is 6.15. The van der Waals surface area contributed by atoms with Gasteiger partial charge < -0.3 is 10.5 Å². The second-order valence-corrected chi connectivity index (χ2v) is 6.55. The molecule has 2 aromatic carbocycles. The summed E-state index contributed by atoms with van der Waals surface area (Å²) < 4.78 is 7.86. The van der Waals surface area contributed by atoms with Crippen molar-refractivity contribution in [2.24, 2.45) is 5.73 Å². The van der Waals surface area contributed by atoms with Crippen molar-refractivity contribution in [2.75, 3.05) is 6.54 Å². The number of halogens is 3. The summed E-state index contributed by atoms with van der Waals surface area (Å²) in [6, 6.07) is 11.7. The van der Waals surface area contributed by atoms with E-state index in [9.17, 15) is 0 Å². The zero-order chi connectivity index (χ0) is 14.5. The van der Waals surface area contributed by atoms with E-state index in [-0.39, 0.29) is 0 Å². The summed E-state index contributed by atoms with van der Waals surface area (Å²) in [5, 5.41) is 0.692. The Morgan fingerprint density at radius 3 is 2.40 bits per heavy atom. The fourth-order valence-electron chi connectivity index (χ4n) is 1.83.